The highest BCUT2D eigenvalue weighted by atomic mass is 35.5. The molecule has 0 fully saturated rings. The predicted molar refractivity (Wildman–Crippen MR) is 124 cm³/mol. The first-order valence-corrected chi connectivity index (χ1v) is 11.7. The maximum Gasteiger partial charge on any atom is 0.420 e. The van der Waals surface area contributed by atoms with Crippen LogP contribution < -0.4 is 15.8 Å². The number of hydrogen-bond donors (Lipinski definition) is 2. The van der Waals surface area contributed by atoms with Gasteiger partial charge in [0.25, 0.3) is 15.9 Å². The van der Waals surface area contributed by atoms with Gasteiger partial charge < -0.3 is 9.73 Å². The van der Waals surface area contributed by atoms with Gasteiger partial charge in [0.2, 0.25) is 5.95 Å². The minimum Gasteiger partial charge on any atom is -0.408 e. The molecule has 0 amide bonds. The zero-order valence-electron chi connectivity index (χ0n) is 18.1. The van der Waals surface area contributed by atoms with Crippen LogP contribution in [0, 0.1) is 11.8 Å². The van der Waals surface area contributed by atoms with Crippen LogP contribution in [-0.4, -0.2) is 24.5 Å². The number of nitrogens with one attached hydrogen (secondary N) is 2. The molecule has 190 valence electrons. The van der Waals surface area contributed by atoms with E-state index in [-0.39, 0.29) is 48.0 Å². The molecule has 5 rings (SSSR count). The summed E-state index contributed by atoms with van der Waals surface area (Å²) in [5.74, 6) is -6.55. The molecule has 0 bridgehead atoms. The summed E-state index contributed by atoms with van der Waals surface area (Å²) in [6.45, 7) is -0.564. The van der Waals surface area contributed by atoms with Gasteiger partial charge in [-0.1, -0.05) is 24.3 Å². The van der Waals surface area contributed by atoms with E-state index in [1.165, 1.54) is 24.3 Å². The van der Waals surface area contributed by atoms with Crippen LogP contribution in [0.25, 0.3) is 11.1 Å². The Morgan fingerprint density at radius 1 is 1.14 bits per heavy atom. The van der Waals surface area contributed by atoms with Crippen molar-refractivity contribution in [1.29, 1.82) is 0 Å². The Kier molecular flexibility index (Phi) is 6.58. The number of nitrogens with zero attached hydrogens (tertiary/aromatic N) is 2. The first-order chi connectivity index (χ1) is 16.5. The monoisotopic (exact) mass is 544 g/mol. The van der Waals surface area contributed by atoms with E-state index in [2.05, 4.69) is 10.3 Å². The summed E-state index contributed by atoms with van der Waals surface area (Å²) in [5.41, 5.74) is 0.249. The number of rotatable bonds is 5. The van der Waals surface area contributed by atoms with Gasteiger partial charge in [-0.3, -0.25) is 9.29 Å². The summed E-state index contributed by atoms with van der Waals surface area (Å²) in [6.07, 6.45) is 0. The Hall–Kier alpha value is -3.42. The van der Waals surface area contributed by atoms with Crippen molar-refractivity contribution in [3.63, 3.8) is 0 Å². The molecule has 0 aliphatic carbocycles. The third-order valence-electron chi connectivity index (χ3n) is 5.61. The quantitative estimate of drug-likeness (QED) is 0.293. The Labute approximate surface area is 207 Å². The molecule has 3 heterocycles. The second-order valence-electron chi connectivity index (χ2n) is 7.91. The molecule has 2 N–H and O–H groups in total. The van der Waals surface area contributed by atoms with Crippen LogP contribution in [0.4, 0.5) is 23.4 Å². The molecular formula is C22H17ClF4N4O4S. The van der Waals surface area contributed by atoms with Crippen molar-refractivity contribution in [1.82, 2.24) is 14.9 Å². The molecule has 0 unspecified atom stereocenters. The van der Waals surface area contributed by atoms with E-state index in [1.54, 1.807) is 6.07 Å². The number of hydrogen-bond acceptors (Lipinski definition) is 6. The summed E-state index contributed by atoms with van der Waals surface area (Å²) >= 11 is 0. The fraction of sp³-hybridized carbons (Fsp3) is 0.182. The van der Waals surface area contributed by atoms with E-state index in [4.69, 9.17) is 4.42 Å². The molecule has 0 saturated carbocycles. The zero-order chi connectivity index (χ0) is 25.0. The largest absolute Gasteiger partial charge is 0.420 e. The van der Waals surface area contributed by atoms with Gasteiger partial charge in [0, 0.05) is 24.2 Å². The fourth-order valence-corrected chi connectivity index (χ4v) is 5.10. The molecule has 2 aromatic carbocycles. The Bertz CT molecular complexity index is 1640. The van der Waals surface area contributed by atoms with Crippen LogP contribution in [0.2, 0.25) is 0 Å². The molecule has 36 heavy (non-hydrogen) atoms. The van der Waals surface area contributed by atoms with Gasteiger partial charge in [-0.2, -0.15) is 13.2 Å². The first kappa shape index (κ1) is 25.7. The third kappa shape index (κ3) is 4.56. The number of aromatic nitrogens is 2. The highest BCUT2D eigenvalue weighted by molar-refractivity contribution is 7.92. The summed E-state index contributed by atoms with van der Waals surface area (Å²) < 4.78 is 90.2. The van der Waals surface area contributed by atoms with Crippen LogP contribution in [0.1, 0.15) is 16.7 Å². The Balaban J connectivity index is 0.00000304. The summed E-state index contributed by atoms with van der Waals surface area (Å²) in [4.78, 5) is 15.1. The number of halogens is 5. The van der Waals surface area contributed by atoms with E-state index in [0.29, 0.717) is 11.1 Å². The van der Waals surface area contributed by atoms with Crippen LogP contribution in [0.15, 0.2) is 62.6 Å². The van der Waals surface area contributed by atoms with Crippen molar-refractivity contribution >= 4 is 39.3 Å². The fourth-order valence-electron chi connectivity index (χ4n) is 4.02. The first-order valence-electron chi connectivity index (χ1n) is 10.2. The molecule has 8 nitrogen and oxygen atoms in total. The van der Waals surface area contributed by atoms with E-state index in [9.17, 15) is 30.8 Å². The standard InChI is InChI=1S/C22H16F4N4O4S.ClH/c23-15-7-16-17(8-18(15)35(32,33)29-20-6-2-5-19(24)28-20)34-21(31)30(16)10-12-3-1-4-14-13(12)9-27-11-22(14,25)26;/h1-8,27H,9-11H2,(H,28,29);1H. The minimum atomic E-state index is -4.56. The van der Waals surface area contributed by atoms with Crippen molar-refractivity contribution in [2.75, 3.05) is 11.3 Å². The van der Waals surface area contributed by atoms with Crippen LogP contribution in [-0.2, 0) is 29.0 Å². The van der Waals surface area contributed by atoms with Crippen LogP contribution >= 0.6 is 12.4 Å². The summed E-state index contributed by atoms with van der Waals surface area (Å²) in [7, 11) is -4.56. The normalized spacial score (nSPS) is 14.8. The van der Waals surface area contributed by atoms with Gasteiger partial charge in [0.05, 0.1) is 18.6 Å². The van der Waals surface area contributed by atoms with E-state index >= 15 is 0 Å². The maximum atomic E-state index is 14.9. The lowest BCUT2D eigenvalue weighted by atomic mass is 9.93. The van der Waals surface area contributed by atoms with Gasteiger partial charge in [0.15, 0.2) is 5.58 Å². The Morgan fingerprint density at radius 2 is 1.89 bits per heavy atom. The lowest BCUT2D eigenvalue weighted by Crippen LogP contribution is -2.37. The smallest absolute Gasteiger partial charge is 0.408 e. The van der Waals surface area contributed by atoms with Gasteiger partial charge in [0.1, 0.15) is 16.5 Å². The second-order valence-corrected chi connectivity index (χ2v) is 9.56. The van der Waals surface area contributed by atoms with Gasteiger partial charge >= 0.3 is 5.76 Å². The average molecular weight is 545 g/mol. The number of alkyl halides is 2. The molecule has 1 aliphatic heterocycles. The number of pyridine rings is 1. The molecule has 14 heteroatoms. The predicted octanol–water partition coefficient (Wildman–Crippen LogP) is 3.73. The molecule has 0 saturated heterocycles. The zero-order valence-corrected chi connectivity index (χ0v) is 19.7. The molecule has 0 spiro atoms. The number of anilines is 1. The summed E-state index contributed by atoms with van der Waals surface area (Å²) in [5, 5.41) is 2.64. The number of oxazole rings is 1. The summed E-state index contributed by atoms with van der Waals surface area (Å²) in [6, 6.07) is 9.34. The second kappa shape index (κ2) is 9.22. The third-order valence-corrected chi connectivity index (χ3v) is 6.98. The van der Waals surface area contributed by atoms with E-state index in [0.717, 1.165) is 22.8 Å². The van der Waals surface area contributed by atoms with Crippen molar-refractivity contribution in [2.24, 2.45) is 0 Å². The highest BCUT2D eigenvalue weighted by Crippen LogP contribution is 2.35. The lowest BCUT2D eigenvalue weighted by Gasteiger charge is -2.27. The number of benzene rings is 2. The average Bonchev–Trinajstić information content (AvgIpc) is 3.07. The van der Waals surface area contributed by atoms with Crippen LogP contribution in [0.3, 0.4) is 0 Å². The molecule has 0 atom stereocenters. The number of sulfonamides is 1. The van der Waals surface area contributed by atoms with Crippen molar-refractivity contribution in [3.8, 4) is 0 Å². The Morgan fingerprint density at radius 3 is 2.64 bits per heavy atom. The van der Waals surface area contributed by atoms with Gasteiger partial charge in [-0.15, -0.1) is 12.4 Å². The van der Waals surface area contributed by atoms with Crippen molar-refractivity contribution < 1.29 is 30.4 Å². The highest BCUT2D eigenvalue weighted by Gasteiger charge is 2.37. The molecule has 2 aromatic heterocycles. The molecular weight excluding hydrogens is 528 g/mol. The van der Waals surface area contributed by atoms with E-state index in [1.807, 2.05) is 4.72 Å². The lowest BCUT2D eigenvalue weighted by molar-refractivity contribution is -0.0109. The maximum absolute atomic E-state index is 14.9. The van der Waals surface area contributed by atoms with Gasteiger partial charge in [-0.25, -0.2) is 22.6 Å². The van der Waals surface area contributed by atoms with Crippen molar-refractivity contribution in [3.05, 3.63) is 87.5 Å². The molecule has 4 aromatic rings. The number of fused-ring (bicyclic) bond motifs is 2. The van der Waals surface area contributed by atoms with Crippen molar-refractivity contribution in [2.45, 2.75) is 23.9 Å². The topological polar surface area (TPSA) is 106 Å². The van der Waals surface area contributed by atoms with Crippen LogP contribution in [0.5, 0.6) is 0 Å². The molecule has 1 aliphatic rings. The van der Waals surface area contributed by atoms with Gasteiger partial charge in [-0.05, 0) is 23.3 Å². The molecule has 0 radical (unpaired) electrons. The minimum absolute atomic E-state index is 0. The van der Waals surface area contributed by atoms with E-state index < -0.39 is 44.9 Å². The SMILES string of the molecule is Cl.O=c1oc2cc(S(=O)(=O)Nc3cccc(F)n3)c(F)cc2n1Cc1cccc2c1CNCC2(F)F.